The smallest absolute Gasteiger partial charge is 0.463 e. The molecule has 2 aliphatic rings. The molecule has 2 aliphatic heterocycles. The predicted molar refractivity (Wildman–Crippen MR) is 111 cm³/mol. The number of hydrogen-bond donors (Lipinski definition) is 1. The van der Waals surface area contributed by atoms with Crippen LogP contribution in [0.4, 0.5) is 4.79 Å². The molecule has 0 radical (unpaired) electrons. The quantitative estimate of drug-likeness (QED) is 0.582. The zero-order valence-electron chi connectivity index (χ0n) is 17.1. The second-order valence-electron chi connectivity index (χ2n) is 8.82. The number of hydrogen-bond acceptors (Lipinski definition) is 5. The van der Waals surface area contributed by atoms with Crippen molar-refractivity contribution in [1.29, 1.82) is 0 Å². The molecule has 154 valence electrons. The van der Waals surface area contributed by atoms with Crippen LogP contribution in [0.15, 0.2) is 24.3 Å². The number of aromatic nitrogens is 2. The van der Waals surface area contributed by atoms with E-state index < -0.39 is 24.4 Å². The van der Waals surface area contributed by atoms with E-state index in [4.69, 9.17) is 25.9 Å². The third-order valence-corrected chi connectivity index (χ3v) is 6.67. The topological polar surface area (TPSA) is 84.8 Å². The molecule has 2 fully saturated rings. The first-order valence-corrected chi connectivity index (χ1v) is 10.2. The van der Waals surface area contributed by atoms with Gasteiger partial charge in [0.1, 0.15) is 5.15 Å². The van der Waals surface area contributed by atoms with Crippen LogP contribution in [-0.2, 0) is 9.31 Å². The Kier molecular flexibility index (Phi) is 5.00. The number of amides is 1. The number of rotatable bonds is 2. The zero-order valence-corrected chi connectivity index (χ0v) is 17.8. The van der Waals surface area contributed by atoms with Gasteiger partial charge in [-0.15, -0.1) is 0 Å². The third-order valence-electron chi connectivity index (χ3n) is 6.46. The van der Waals surface area contributed by atoms with Gasteiger partial charge in [-0.25, -0.2) is 9.78 Å². The van der Waals surface area contributed by atoms with E-state index in [0.717, 1.165) is 16.7 Å². The summed E-state index contributed by atoms with van der Waals surface area (Å²) in [7, 11) is -0.506. The van der Waals surface area contributed by atoms with Crippen LogP contribution in [0.1, 0.15) is 45.7 Å². The Bertz CT molecular complexity index is 938. The Hall–Kier alpha value is -1.90. The van der Waals surface area contributed by atoms with Crippen LogP contribution in [0.25, 0.3) is 11.0 Å². The van der Waals surface area contributed by atoms with Crippen LogP contribution in [-0.4, -0.2) is 57.5 Å². The van der Waals surface area contributed by atoms with Crippen molar-refractivity contribution in [2.45, 2.75) is 57.1 Å². The minimum Gasteiger partial charge on any atom is -0.465 e. The molecule has 4 rings (SSSR count). The summed E-state index contributed by atoms with van der Waals surface area (Å²) < 4.78 is 12.6. The Morgan fingerprint density at radius 3 is 2.41 bits per heavy atom. The lowest BCUT2D eigenvalue weighted by Gasteiger charge is -2.37. The number of nitrogens with zero attached hydrogens (tertiary/aromatic N) is 3. The number of likely N-dealkylation sites (tertiary alicyclic amines) is 1. The van der Waals surface area contributed by atoms with Gasteiger partial charge in [0.25, 0.3) is 0 Å². The summed E-state index contributed by atoms with van der Waals surface area (Å²) in [5, 5.41) is 9.96. The van der Waals surface area contributed by atoms with Gasteiger partial charge in [0, 0.05) is 30.5 Å². The number of halogens is 1. The Morgan fingerprint density at radius 1 is 1.14 bits per heavy atom. The van der Waals surface area contributed by atoms with Crippen molar-refractivity contribution in [2.75, 3.05) is 13.1 Å². The van der Waals surface area contributed by atoms with E-state index >= 15 is 0 Å². The number of carboxylic acid groups (broad SMARTS) is 1. The van der Waals surface area contributed by atoms with Gasteiger partial charge >= 0.3 is 13.2 Å². The van der Waals surface area contributed by atoms with Gasteiger partial charge in [0.2, 0.25) is 0 Å². The number of piperidine rings is 1. The fourth-order valence-electron chi connectivity index (χ4n) is 4.07. The standard InChI is InChI=1S/C20H25BClN3O4/c1-19(2)20(3,4)29-21(28-19)13-11-25(18(26)27)10-9-12(13)14-5-6-16-15(23-14)7-8-17(22)24-16/h5-8,12-13H,9-11H2,1-4H3,(H,26,27)/t12?,13-/m1/s1. The van der Waals surface area contributed by atoms with Gasteiger partial charge in [-0.2, -0.15) is 0 Å². The lowest BCUT2D eigenvalue weighted by atomic mass is 9.61. The van der Waals surface area contributed by atoms with Gasteiger partial charge in [0.05, 0.1) is 22.2 Å². The van der Waals surface area contributed by atoms with Gasteiger partial charge in [-0.05, 0) is 58.4 Å². The maximum atomic E-state index is 11.6. The summed E-state index contributed by atoms with van der Waals surface area (Å²) in [5.74, 6) is -0.147. The summed E-state index contributed by atoms with van der Waals surface area (Å²) in [6.45, 7) is 8.81. The van der Waals surface area contributed by atoms with E-state index in [-0.39, 0.29) is 11.7 Å². The highest BCUT2D eigenvalue weighted by Crippen LogP contribution is 2.46. The van der Waals surface area contributed by atoms with Crippen molar-refractivity contribution in [2.24, 2.45) is 0 Å². The molecule has 2 aromatic heterocycles. The Morgan fingerprint density at radius 2 is 1.76 bits per heavy atom. The highest BCUT2D eigenvalue weighted by atomic mass is 35.5. The third kappa shape index (κ3) is 3.69. The monoisotopic (exact) mass is 417 g/mol. The van der Waals surface area contributed by atoms with Crippen molar-refractivity contribution in [3.8, 4) is 0 Å². The molecular weight excluding hydrogens is 393 g/mol. The molecule has 1 unspecified atom stereocenters. The molecule has 29 heavy (non-hydrogen) atoms. The fourth-order valence-corrected chi connectivity index (χ4v) is 4.22. The molecular formula is C20H25BClN3O4. The summed E-state index contributed by atoms with van der Waals surface area (Å²) in [5.41, 5.74) is 1.43. The van der Waals surface area contributed by atoms with E-state index in [2.05, 4.69) is 4.98 Å². The molecule has 0 aliphatic carbocycles. The minimum absolute atomic E-state index is 0.0142. The second-order valence-corrected chi connectivity index (χ2v) is 9.21. The maximum Gasteiger partial charge on any atom is 0.463 e. The molecule has 2 aromatic rings. The van der Waals surface area contributed by atoms with Crippen molar-refractivity contribution in [3.63, 3.8) is 0 Å². The van der Waals surface area contributed by atoms with E-state index in [1.54, 1.807) is 6.07 Å². The molecule has 2 atom stereocenters. The normalized spacial score (nSPS) is 26.1. The van der Waals surface area contributed by atoms with Crippen LogP contribution in [0.3, 0.4) is 0 Å². The van der Waals surface area contributed by atoms with Crippen molar-refractivity contribution >= 4 is 35.8 Å². The first-order chi connectivity index (χ1) is 13.6. The van der Waals surface area contributed by atoms with Crippen molar-refractivity contribution in [3.05, 3.63) is 35.1 Å². The van der Waals surface area contributed by atoms with E-state index in [1.165, 1.54) is 4.90 Å². The zero-order chi connectivity index (χ0) is 21.0. The molecule has 7 nitrogen and oxygen atoms in total. The van der Waals surface area contributed by atoms with Crippen LogP contribution in [0.2, 0.25) is 11.0 Å². The molecule has 0 spiro atoms. The summed E-state index contributed by atoms with van der Waals surface area (Å²) in [6.07, 6.45) is -0.268. The summed E-state index contributed by atoms with van der Waals surface area (Å²) >= 11 is 5.98. The van der Waals surface area contributed by atoms with E-state index in [0.29, 0.717) is 24.7 Å². The highest BCUT2D eigenvalue weighted by molar-refractivity contribution is 6.48. The number of carbonyl (C=O) groups is 1. The predicted octanol–water partition coefficient (Wildman–Crippen LogP) is 4.21. The SMILES string of the molecule is CC1(C)OB([C@@H]2CN(C(=O)O)CCC2c2ccc3nc(Cl)ccc3n2)OC1(C)C. The van der Waals surface area contributed by atoms with Crippen molar-refractivity contribution in [1.82, 2.24) is 14.9 Å². The second kappa shape index (κ2) is 7.11. The Labute approximate surface area is 175 Å². The molecule has 9 heteroatoms. The maximum absolute atomic E-state index is 11.6. The average Bonchev–Trinajstić information content (AvgIpc) is 2.88. The lowest BCUT2D eigenvalue weighted by Crippen LogP contribution is -2.46. The van der Waals surface area contributed by atoms with Crippen LogP contribution in [0, 0.1) is 0 Å². The van der Waals surface area contributed by atoms with Crippen LogP contribution < -0.4 is 0 Å². The van der Waals surface area contributed by atoms with Gasteiger partial charge in [-0.3, -0.25) is 4.98 Å². The number of fused-ring (bicyclic) bond motifs is 1. The average molecular weight is 418 g/mol. The van der Waals surface area contributed by atoms with Crippen LogP contribution in [0.5, 0.6) is 0 Å². The first-order valence-electron chi connectivity index (χ1n) is 9.84. The van der Waals surface area contributed by atoms with Gasteiger partial charge in [-0.1, -0.05) is 11.6 Å². The highest BCUT2D eigenvalue weighted by Gasteiger charge is 2.56. The fraction of sp³-hybridized carbons (Fsp3) is 0.550. The van der Waals surface area contributed by atoms with Crippen LogP contribution >= 0.6 is 11.6 Å². The molecule has 1 N–H and O–H groups in total. The molecule has 0 bridgehead atoms. The summed E-state index contributed by atoms with van der Waals surface area (Å²) in [4.78, 5) is 22.2. The van der Waals surface area contributed by atoms with Crippen molar-refractivity contribution < 1.29 is 19.2 Å². The lowest BCUT2D eigenvalue weighted by molar-refractivity contribution is 0.00578. The molecule has 1 amide bonds. The molecule has 2 saturated heterocycles. The van der Waals surface area contributed by atoms with Gasteiger partial charge < -0.3 is 19.3 Å². The largest absolute Gasteiger partial charge is 0.465 e. The van der Waals surface area contributed by atoms with E-state index in [9.17, 15) is 9.90 Å². The molecule has 4 heterocycles. The minimum atomic E-state index is -0.921. The Balaban J connectivity index is 1.69. The van der Waals surface area contributed by atoms with Gasteiger partial charge in [0.15, 0.2) is 0 Å². The summed E-state index contributed by atoms with van der Waals surface area (Å²) in [6, 6.07) is 7.43. The molecule has 0 aromatic carbocycles. The first kappa shape index (κ1) is 20.4. The van der Waals surface area contributed by atoms with E-state index in [1.807, 2.05) is 45.9 Å². The number of pyridine rings is 2. The molecule has 0 saturated carbocycles.